The predicted molar refractivity (Wildman–Crippen MR) is 121 cm³/mol. The second-order valence-electron chi connectivity index (χ2n) is 9.27. The van der Waals surface area contributed by atoms with Crippen LogP contribution in [0.1, 0.15) is 47.4 Å². The minimum atomic E-state index is -0.175. The number of carbonyl (C=O) groups excluding carboxylic acids is 1. The molecule has 0 atom stereocenters. The molecule has 32 heavy (non-hydrogen) atoms. The topological polar surface area (TPSA) is 74.3 Å². The number of aromatic amines is 1. The van der Waals surface area contributed by atoms with E-state index in [0.29, 0.717) is 11.7 Å². The van der Waals surface area contributed by atoms with Crippen LogP contribution in [0.5, 0.6) is 0 Å². The summed E-state index contributed by atoms with van der Waals surface area (Å²) in [6.45, 7) is 4.45. The second kappa shape index (κ2) is 7.98. The lowest BCUT2D eigenvalue weighted by Crippen LogP contribution is -2.53. The number of rotatable bonds is 2. The number of ether oxygens (including phenoxy) is 1. The van der Waals surface area contributed by atoms with Crippen molar-refractivity contribution in [3.05, 3.63) is 59.8 Å². The average molecular weight is 432 g/mol. The zero-order chi connectivity index (χ0) is 21.5. The summed E-state index contributed by atoms with van der Waals surface area (Å²) in [6, 6.07) is 9.16. The first kappa shape index (κ1) is 19.9. The van der Waals surface area contributed by atoms with E-state index in [2.05, 4.69) is 44.1 Å². The van der Waals surface area contributed by atoms with Gasteiger partial charge in [0.1, 0.15) is 11.3 Å². The van der Waals surface area contributed by atoms with Gasteiger partial charge in [0.05, 0.1) is 18.5 Å². The molecule has 1 spiro atoms. The van der Waals surface area contributed by atoms with Crippen LogP contribution < -0.4 is 0 Å². The van der Waals surface area contributed by atoms with Crippen LogP contribution in [0, 0.1) is 0 Å². The Labute approximate surface area is 187 Å². The largest absolute Gasteiger partial charge is 0.368 e. The molecule has 3 aromatic rings. The SMILES string of the molecule is O=C(c1cnccn1)N1CCC(N2CCC3(CC2)OCCc2c3[nH]c3ccccc23)CC1. The minimum Gasteiger partial charge on any atom is -0.368 e. The number of benzene rings is 1. The third kappa shape index (κ3) is 3.31. The van der Waals surface area contributed by atoms with Crippen LogP contribution in [0.4, 0.5) is 0 Å². The summed E-state index contributed by atoms with van der Waals surface area (Å²) in [5, 5.41) is 1.35. The third-order valence-electron chi connectivity index (χ3n) is 7.66. The van der Waals surface area contributed by atoms with Crippen molar-refractivity contribution in [1.29, 1.82) is 0 Å². The summed E-state index contributed by atoms with van der Waals surface area (Å²) < 4.78 is 6.47. The molecule has 0 radical (unpaired) electrons. The van der Waals surface area contributed by atoms with E-state index >= 15 is 0 Å². The monoisotopic (exact) mass is 431 g/mol. The molecule has 2 aromatic heterocycles. The fourth-order valence-corrected chi connectivity index (χ4v) is 5.92. The molecule has 0 unspecified atom stereocenters. The van der Waals surface area contributed by atoms with Crippen molar-refractivity contribution in [3.63, 3.8) is 0 Å². The molecule has 0 bridgehead atoms. The number of piperidine rings is 2. The average Bonchev–Trinajstić information content (AvgIpc) is 3.25. The molecule has 7 nitrogen and oxygen atoms in total. The zero-order valence-corrected chi connectivity index (χ0v) is 18.3. The smallest absolute Gasteiger partial charge is 0.274 e. The van der Waals surface area contributed by atoms with Crippen molar-refractivity contribution in [2.75, 3.05) is 32.8 Å². The molecule has 3 aliphatic rings. The first-order valence-corrected chi connectivity index (χ1v) is 11.8. The Hall–Kier alpha value is -2.77. The van der Waals surface area contributed by atoms with Gasteiger partial charge in [-0.05, 0) is 43.7 Å². The Bertz CT molecular complexity index is 1110. The number of carbonyl (C=O) groups is 1. The number of hydrogen-bond donors (Lipinski definition) is 1. The Kier molecular flexibility index (Phi) is 4.96. The molecule has 166 valence electrons. The molecule has 1 aromatic carbocycles. The van der Waals surface area contributed by atoms with Crippen LogP contribution >= 0.6 is 0 Å². The van der Waals surface area contributed by atoms with Gasteiger partial charge in [-0.2, -0.15) is 0 Å². The third-order valence-corrected chi connectivity index (χ3v) is 7.66. The van der Waals surface area contributed by atoms with Crippen LogP contribution in [0.2, 0.25) is 0 Å². The zero-order valence-electron chi connectivity index (χ0n) is 18.3. The highest BCUT2D eigenvalue weighted by Crippen LogP contribution is 2.44. The number of fused-ring (bicyclic) bond motifs is 4. The first-order valence-electron chi connectivity index (χ1n) is 11.8. The number of aromatic nitrogens is 3. The number of nitrogens with zero attached hydrogens (tertiary/aromatic N) is 4. The van der Waals surface area contributed by atoms with E-state index in [1.165, 1.54) is 22.2 Å². The van der Waals surface area contributed by atoms with E-state index in [9.17, 15) is 4.79 Å². The lowest BCUT2D eigenvalue weighted by Gasteiger charge is -2.47. The summed E-state index contributed by atoms with van der Waals surface area (Å²) in [6.07, 6.45) is 9.78. The Morgan fingerprint density at radius 1 is 1.09 bits per heavy atom. The molecule has 1 N–H and O–H groups in total. The molecule has 0 saturated carbocycles. The lowest BCUT2D eigenvalue weighted by molar-refractivity contribution is -0.107. The minimum absolute atomic E-state index is 0.00362. The maximum Gasteiger partial charge on any atom is 0.274 e. The summed E-state index contributed by atoms with van der Waals surface area (Å²) in [5.74, 6) is -0.00362. The second-order valence-corrected chi connectivity index (χ2v) is 9.27. The van der Waals surface area contributed by atoms with E-state index in [-0.39, 0.29) is 11.5 Å². The molecule has 1 amide bonds. The van der Waals surface area contributed by atoms with Crippen LogP contribution in [0.3, 0.4) is 0 Å². The van der Waals surface area contributed by atoms with Crippen molar-refractivity contribution in [2.24, 2.45) is 0 Å². The standard InChI is InChI=1S/C25H29N5O2/c31-24(22-17-26-10-11-27-22)30-12-5-18(6-13-30)29-14-8-25(9-15-29)23-20(7-16-32-25)19-3-1-2-4-21(19)28-23/h1-4,10-11,17-18,28H,5-9,12-16H2. The molecule has 6 rings (SSSR count). The molecule has 0 aliphatic carbocycles. The van der Waals surface area contributed by atoms with Gasteiger partial charge in [0.15, 0.2) is 0 Å². The van der Waals surface area contributed by atoms with Crippen LogP contribution in [-0.4, -0.2) is 69.5 Å². The lowest BCUT2D eigenvalue weighted by atomic mass is 9.82. The summed E-state index contributed by atoms with van der Waals surface area (Å²) >= 11 is 0. The Balaban J connectivity index is 1.11. The quantitative estimate of drug-likeness (QED) is 0.675. The van der Waals surface area contributed by atoms with Crippen molar-refractivity contribution in [3.8, 4) is 0 Å². The molecular weight excluding hydrogens is 402 g/mol. The number of amides is 1. The van der Waals surface area contributed by atoms with Crippen LogP contribution in [-0.2, 0) is 16.8 Å². The van der Waals surface area contributed by atoms with Crippen molar-refractivity contribution >= 4 is 16.8 Å². The van der Waals surface area contributed by atoms with E-state index in [4.69, 9.17) is 4.74 Å². The molecule has 5 heterocycles. The Morgan fingerprint density at radius 2 is 1.91 bits per heavy atom. The van der Waals surface area contributed by atoms with Gasteiger partial charge in [-0.1, -0.05) is 18.2 Å². The fourth-order valence-electron chi connectivity index (χ4n) is 5.92. The van der Waals surface area contributed by atoms with Crippen LogP contribution in [0.15, 0.2) is 42.9 Å². The predicted octanol–water partition coefficient (Wildman–Crippen LogP) is 3.13. The maximum absolute atomic E-state index is 12.7. The highest BCUT2D eigenvalue weighted by atomic mass is 16.5. The molecule has 2 fully saturated rings. The van der Waals surface area contributed by atoms with Gasteiger partial charge < -0.3 is 19.5 Å². The number of hydrogen-bond acceptors (Lipinski definition) is 5. The van der Waals surface area contributed by atoms with Gasteiger partial charge in [-0.15, -0.1) is 0 Å². The summed E-state index contributed by atoms with van der Waals surface area (Å²) in [7, 11) is 0. The summed E-state index contributed by atoms with van der Waals surface area (Å²) in [5.41, 5.74) is 4.26. The van der Waals surface area contributed by atoms with Gasteiger partial charge in [-0.3, -0.25) is 9.78 Å². The van der Waals surface area contributed by atoms with E-state index in [0.717, 1.165) is 64.9 Å². The maximum atomic E-state index is 12.7. The Morgan fingerprint density at radius 3 is 2.69 bits per heavy atom. The highest BCUT2D eigenvalue weighted by Gasteiger charge is 2.44. The van der Waals surface area contributed by atoms with Gasteiger partial charge >= 0.3 is 0 Å². The van der Waals surface area contributed by atoms with Crippen LogP contribution in [0.25, 0.3) is 10.9 Å². The molecule has 3 aliphatic heterocycles. The van der Waals surface area contributed by atoms with Gasteiger partial charge in [0, 0.05) is 55.5 Å². The first-order chi connectivity index (χ1) is 15.7. The van der Waals surface area contributed by atoms with E-state index in [1.54, 1.807) is 18.6 Å². The molecule has 2 saturated heterocycles. The molecular formula is C25H29N5O2. The normalized spacial score (nSPS) is 21.7. The number of para-hydroxylation sites is 1. The van der Waals surface area contributed by atoms with Gasteiger partial charge in [0.25, 0.3) is 5.91 Å². The summed E-state index contributed by atoms with van der Waals surface area (Å²) in [4.78, 5) is 29.1. The highest BCUT2D eigenvalue weighted by molar-refractivity contribution is 5.92. The van der Waals surface area contributed by atoms with Gasteiger partial charge in [-0.25, -0.2) is 4.98 Å². The van der Waals surface area contributed by atoms with Crippen molar-refractivity contribution in [2.45, 2.75) is 43.7 Å². The van der Waals surface area contributed by atoms with Crippen molar-refractivity contribution in [1.82, 2.24) is 24.8 Å². The number of nitrogens with one attached hydrogen (secondary N) is 1. The fraction of sp³-hybridized carbons (Fsp3) is 0.480. The van der Waals surface area contributed by atoms with E-state index < -0.39 is 0 Å². The van der Waals surface area contributed by atoms with E-state index in [1.807, 2.05) is 4.90 Å². The number of H-pyrrole nitrogens is 1. The molecule has 7 heteroatoms. The van der Waals surface area contributed by atoms with Gasteiger partial charge in [0.2, 0.25) is 0 Å². The number of likely N-dealkylation sites (tertiary alicyclic amines) is 2. The van der Waals surface area contributed by atoms with Crippen molar-refractivity contribution < 1.29 is 9.53 Å².